The predicted molar refractivity (Wildman–Crippen MR) is 58.3 cm³/mol. The SMILES string of the molecule is O=[N+]([O-])c1cnc(SCCCO)c(Cl)c1. The highest BCUT2D eigenvalue weighted by atomic mass is 35.5. The van der Waals surface area contributed by atoms with E-state index in [4.69, 9.17) is 16.7 Å². The molecule has 5 nitrogen and oxygen atoms in total. The van der Waals surface area contributed by atoms with Crippen molar-refractivity contribution < 1.29 is 10.0 Å². The Hall–Kier alpha value is -0.850. The Bertz CT molecular complexity index is 362. The van der Waals surface area contributed by atoms with Gasteiger partial charge in [0.25, 0.3) is 5.69 Å². The van der Waals surface area contributed by atoms with E-state index in [1.54, 1.807) is 0 Å². The molecule has 1 rings (SSSR count). The summed E-state index contributed by atoms with van der Waals surface area (Å²) in [5.41, 5.74) is -0.119. The van der Waals surface area contributed by atoms with Gasteiger partial charge in [-0.1, -0.05) is 11.6 Å². The van der Waals surface area contributed by atoms with Gasteiger partial charge in [0.2, 0.25) is 0 Å². The molecular weight excluding hydrogens is 240 g/mol. The van der Waals surface area contributed by atoms with E-state index in [2.05, 4.69) is 4.98 Å². The molecule has 0 amide bonds. The monoisotopic (exact) mass is 248 g/mol. The van der Waals surface area contributed by atoms with Crippen LogP contribution in [0.4, 0.5) is 5.69 Å². The Balaban J connectivity index is 2.70. The van der Waals surface area contributed by atoms with Crippen LogP contribution >= 0.6 is 23.4 Å². The minimum Gasteiger partial charge on any atom is -0.396 e. The summed E-state index contributed by atoms with van der Waals surface area (Å²) in [7, 11) is 0. The number of hydrogen-bond donors (Lipinski definition) is 1. The van der Waals surface area contributed by atoms with E-state index in [0.717, 1.165) is 0 Å². The highest BCUT2D eigenvalue weighted by Gasteiger charge is 2.10. The first-order chi connectivity index (χ1) is 7.15. The highest BCUT2D eigenvalue weighted by molar-refractivity contribution is 7.99. The fourth-order valence-corrected chi connectivity index (χ4v) is 1.97. The zero-order chi connectivity index (χ0) is 11.3. The average Bonchev–Trinajstić information content (AvgIpc) is 2.20. The van der Waals surface area contributed by atoms with Crippen molar-refractivity contribution in [3.63, 3.8) is 0 Å². The summed E-state index contributed by atoms with van der Waals surface area (Å²) < 4.78 is 0. The molecule has 0 spiro atoms. The van der Waals surface area contributed by atoms with E-state index in [9.17, 15) is 10.1 Å². The number of aliphatic hydroxyl groups excluding tert-OH is 1. The molecule has 7 heteroatoms. The van der Waals surface area contributed by atoms with Crippen molar-refractivity contribution in [1.82, 2.24) is 4.98 Å². The molecule has 0 aromatic carbocycles. The van der Waals surface area contributed by atoms with Crippen LogP contribution in [0, 0.1) is 10.1 Å². The molecule has 0 saturated carbocycles. The maximum absolute atomic E-state index is 10.4. The standard InChI is InChI=1S/C8H9ClN2O3S/c9-7-4-6(11(13)14)5-10-8(7)15-3-1-2-12/h4-5,12H,1-3H2. The Kier molecular flexibility index (Phi) is 4.80. The lowest BCUT2D eigenvalue weighted by molar-refractivity contribution is -0.385. The van der Waals surface area contributed by atoms with Crippen molar-refractivity contribution in [3.8, 4) is 0 Å². The second-order valence-corrected chi connectivity index (χ2v) is 4.15. The highest BCUT2D eigenvalue weighted by Crippen LogP contribution is 2.28. The first-order valence-corrected chi connectivity index (χ1v) is 5.55. The lowest BCUT2D eigenvalue weighted by Crippen LogP contribution is -1.92. The smallest absolute Gasteiger partial charge is 0.289 e. The van der Waals surface area contributed by atoms with Gasteiger partial charge in [0, 0.05) is 18.4 Å². The molecule has 0 radical (unpaired) electrons. The molecule has 0 fully saturated rings. The van der Waals surface area contributed by atoms with Crippen LogP contribution in [0.25, 0.3) is 0 Å². The third kappa shape index (κ3) is 3.65. The van der Waals surface area contributed by atoms with Gasteiger partial charge in [0.1, 0.15) is 11.2 Å². The van der Waals surface area contributed by atoms with Gasteiger partial charge in [-0.3, -0.25) is 10.1 Å². The van der Waals surface area contributed by atoms with Crippen LogP contribution in [-0.2, 0) is 0 Å². The Morgan fingerprint density at radius 1 is 1.67 bits per heavy atom. The quantitative estimate of drug-likeness (QED) is 0.374. The van der Waals surface area contributed by atoms with Crippen molar-refractivity contribution in [3.05, 3.63) is 27.4 Å². The number of halogens is 1. The van der Waals surface area contributed by atoms with Gasteiger partial charge in [0.05, 0.1) is 9.95 Å². The lowest BCUT2D eigenvalue weighted by atomic mass is 10.4. The summed E-state index contributed by atoms with van der Waals surface area (Å²) in [5.74, 6) is 0.682. The van der Waals surface area contributed by atoms with Crippen LogP contribution in [-0.4, -0.2) is 27.4 Å². The minimum absolute atomic E-state index is 0.109. The lowest BCUT2D eigenvalue weighted by Gasteiger charge is -2.01. The van der Waals surface area contributed by atoms with Crippen molar-refractivity contribution in [2.45, 2.75) is 11.4 Å². The van der Waals surface area contributed by atoms with Crippen molar-refractivity contribution in [2.75, 3.05) is 12.4 Å². The first kappa shape index (κ1) is 12.2. The van der Waals surface area contributed by atoms with E-state index in [-0.39, 0.29) is 17.3 Å². The molecule has 0 aliphatic rings. The summed E-state index contributed by atoms with van der Waals surface area (Å²) in [6, 6.07) is 1.27. The number of thioether (sulfide) groups is 1. The van der Waals surface area contributed by atoms with Crippen molar-refractivity contribution in [2.24, 2.45) is 0 Å². The number of hydrogen-bond acceptors (Lipinski definition) is 5. The zero-order valence-electron chi connectivity index (χ0n) is 7.72. The zero-order valence-corrected chi connectivity index (χ0v) is 9.29. The fourth-order valence-electron chi connectivity index (χ4n) is 0.855. The maximum Gasteiger partial charge on any atom is 0.289 e. The largest absolute Gasteiger partial charge is 0.396 e. The summed E-state index contributed by atoms with van der Waals surface area (Å²) in [4.78, 5) is 13.7. The van der Waals surface area contributed by atoms with Gasteiger partial charge >= 0.3 is 0 Å². The third-order valence-electron chi connectivity index (χ3n) is 1.55. The van der Waals surface area contributed by atoms with Crippen LogP contribution in [0.5, 0.6) is 0 Å². The summed E-state index contributed by atoms with van der Waals surface area (Å²) >= 11 is 7.17. The Morgan fingerprint density at radius 3 is 2.93 bits per heavy atom. The minimum atomic E-state index is -0.541. The van der Waals surface area contributed by atoms with Crippen LogP contribution in [0.2, 0.25) is 5.02 Å². The van der Waals surface area contributed by atoms with Gasteiger partial charge in [-0.25, -0.2) is 4.98 Å². The molecule has 1 N–H and O–H groups in total. The van der Waals surface area contributed by atoms with Crippen LogP contribution in [0.3, 0.4) is 0 Å². The Morgan fingerprint density at radius 2 is 2.40 bits per heavy atom. The molecular formula is C8H9ClN2O3S. The molecule has 1 heterocycles. The van der Waals surface area contributed by atoms with E-state index in [0.29, 0.717) is 17.2 Å². The van der Waals surface area contributed by atoms with E-state index >= 15 is 0 Å². The fraction of sp³-hybridized carbons (Fsp3) is 0.375. The molecule has 82 valence electrons. The van der Waals surface area contributed by atoms with Crippen LogP contribution in [0.1, 0.15) is 6.42 Å². The number of nitrogens with zero attached hydrogens (tertiary/aromatic N) is 2. The first-order valence-electron chi connectivity index (χ1n) is 4.18. The number of aliphatic hydroxyl groups is 1. The molecule has 0 atom stereocenters. The molecule has 0 saturated heterocycles. The van der Waals surface area contributed by atoms with E-state index < -0.39 is 4.92 Å². The predicted octanol–water partition coefficient (Wildman–Crippen LogP) is 2.12. The normalized spacial score (nSPS) is 10.3. The van der Waals surface area contributed by atoms with E-state index in [1.807, 2.05) is 0 Å². The molecule has 0 unspecified atom stereocenters. The van der Waals surface area contributed by atoms with Gasteiger partial charge in [-0.05, 0) is 6.42 Å². The second kappa shape index (κ2) is 5.89. The second-order valence-electron chi connectivity index (χ2n) is 2.66. The molecule has 1 aromatic heterocycles. The summed E-state index contributed by atoms with van der Waals surface area (Å²) in [6.45, 7) is 0.109. The Labute approximate surface area is 95.6 Å². The molecule has 0 aliphatic carbocycles. The number of pyridine rings is 1. The molecule has 1 aromatic rings. The number of rotatable bonds is 5. The third-order valence-corrected chi connectivity index (χ3v) is 3.04. The van der Waals surface area contributed by atoms with E-state index in [1.165, 1.54) is 24.0 Å². The van der Waals surface area contributed by atoms with Gasteiger partial charge in [0.15, 0.2) is 0 Å². The topological polar surface area (TPSA) is 76.3 Å². The van der Waals surface area contributed by atoms with Crippen LogP contribution in [0.15, 0.2) is 17.3 Å². The van der Waals surface area contributed by atoms with Crippen LogP contribution < -0.4 is 0 Å². The van der Waals surface area contributed by atoms with Gasteiger partial charge < -0.3 is 5.11 Å². The van der Waals surface area contributed by atoms with Crippen molar-refractivity contribution in [1.29, 1.82) is 0 Å². The maximum atomic E-state index is 10.4. The number of nitro groups is 1. The molecule has 0 aliphatic heterocycles. The average molecular weight is 249 g/mol. The molecule has 15 heavy (non-hydrogen) atoms. The van der Waals surface area contributed by atoms with Gasteiger partial charge in [-0.15, -0.1) is 11.8 Å². The number of aromatic nitrogens is 1. The summed E-state index contributed by atoms with van der Waals surface area (Å²) in [6.07, 6.45) is 1.81. The summed E-state index contributed by atoms with van der Waals surface area (Å²) in [5, 5.41) is 19.8. The van der Waals surface area contributed by atoms with Crippen molar-refractivity contribution >= 4 is 29.1 Å². The molecule has 0 bridgehead atoms. The van der Waals surface area contributed by atoms with Gasteiger partial charge in [-0.2, -0.15) is 0 Å².